The summed E-state index contributed by atoms with van der Waals surface area (Å²) in [6, 6.07) is 4.46. The highest BCUT2D eigenvalue weighted by Crippen LogP contribution is 2.20. The van der Waals surface area contributed by atoms with Crippen molar-refractivity contribution in [3.05, 3.63) is 46.9 Å². The first kappa shape index (κ1) is 11.0. The number of anilines is 1. The summed E-state index contributed by atoms with van der Waals surface area (Å²) < 4.78 is 13.2. The van der Waals surface area contributed by atoms with Crippen LogP contribution in [0.3, 0.4) is 0 Å². The van der Waals surface area contributed by atoms with E-state index >= 15 is 0 Å². The van der Waals surface area contributed by atoms with Crippen molar-refractivity contribution in [1.82, 2.24) is 15.0 Å². The molecule has 0 aliphatic carbocycles. The molecule has 3 aromatic rings. The van der Waals surface area contributed by atoms with E-state index in [0.717, 1.165) is 5.69 Å². The minimum Gasteiger partial charge on any atom is -0.364 e. The van der Waals surface area contributed by atoms with Crippen LogP contribution < -0.4 is 5.32 Å². The van der Waals surface area contributed by atoms with E-state index in [-0.39, 0.29) is 5.82 Å². The number of thiazole rings is 1. The van der Waals surface area contributed by atoms with E-state index in [0.29, 0.717) is 23.3 Å². The zero-order valence-corrected chi connectivity index (χ0v) is 10.1. The van der Waals surface area contributed by atoms with Gasteiger partial charge in [0.15, 0.2) is 0 Å². The molecule has 0 amide bonds. The monoisotopic (exact) mass is 260 g/mol. The molecule has 0 aliphatic heterocycles. The maximum absolute atomic E-state index is 13.2. The molecule has 0 saturated carbocycles. The van der Waals surface area contributed by atoms with Crippen molar-refractivity contribution in [3.63, 3.8) is 0 Å². The normalized spacial score (nSPS) is 10.7. The van der Waals surface area contributed by atoms with Gasteiger partial charge in [-0.05, 0) is 18.2 Å². The molecule has 1 N–H and O–H groups in total. The van der Waals surface area contributed by atoms with Crippen LogP contribution in [0, 0.1) is 5.82 Å². The van der Waals surface area contributed by atoms with Crippen LogP contribution in [0.5, 0.6) is 0 Å². The summed E-state index contributed by atoms with van der Waals surface area (Å²) in [6.07, 6.45) is 1.46. The largest absolute Gasteiger partial charge is 0.364 e. The van der Waals surface area contributed by atoms with Crippen LogP contribution in [0.15, 0.2) is 35.4 Å². The summed E-state index contributed by atoms with van der Waals surface area (Å²) in [5.74, 6) is 0.321. The predicted octanol–water partition coefficient (Wildman–Crippen LogP) is 2.84. The Hall–Kier alpha value is -2.08. The Morgan fingerprint density at radius 3 is 3.00 bits per heavy atom. The Morgan fingerprint density at radius 2 is 2.17 bits per heavy atom. The number of rotatable bonds is 3. The predicted molar refractivity (Wildman–Crippen MR) is 68.9 cm³/mol. The van der Waals surface area contributed by atoms with Gasteiger partial charge in [-0.3, -0.25) is 0 Å². The van der Waals surface area contributed by atoms with Crippen LogP contribution in [-0.2, 0) is 6.54 Å². The molecule has 2 aromatic heterocycles. The Bertz CT molecular complexity index is 669. The van der Waals surface area contributed by atoms with Gasteiger partial charge < -0.3 is 5.32 Å². The molecule has 0 aliphatic rings. The number of fused-ring (bicyclic) bond motifs is 1. The number of hydrogen-bond donors (Lipinski definition) is 1. The van der Waals surface area contributed by atoms with Crippen LogP contribution in [0.25, 0.3) is 10.9 Å². The first-order valence-electron chi connectivity index (χ1n) is 5.34. The van der Waals surface area contributed by atoms with Crippen molar-refractivity contribution in [2.24, 2.45) is 0 Å². The fraction of sp³-hybridized carbons (Fsp3) is 0.0833. The van der Waals surface area contributed by atoms with Crippen LogP contribution in [-0.4, -0.2) is 15.0 Å². The Morgan fingerprint density at radius 1 is 1.22 bits per heavy atom. The molecule has 2 heterocycles. The number of halogens is 1. The molecule has 0 unspecified atom stereocenters. The molecule has 0 atom stereocenters. The molecule has 4 nitrogen and oxygen atoms in total. The Kier molecular flexibility index (Phi) is 2.85. The van der Waals surface area contributed by atoms with Crippen LogP contribution in [0.1, 0.15) is 5.69 Å². The molecule has 3 rings (SSSR count). The van der Waals surface area contributed by atoms with E-state index in [1.165, 1.54) is 29.8 Å². The fourth-order valence-electron chi connectivity index (χ4n) is 1.67. The van der Waals surface area contributed by atoms with Gasteiger partial charge in [-0.15, -0.1) is 11.3 Å². The van der Waals surface area contributed by atoms with Crippen molar-refractivity contribution in [2.75, 3.05) is 5.32 Å². The van der Waals surface area contributed by atoms with Crippen molar-refractivity contribution < 1.29 is 4.39 Å². The average Bonchev–Trinajstić information content (AvgIpc) is 2.89. The summed E-state index contributed by atoms with van der Waals surface area (Å²) in [7, 11) is 0. The third kappa shape index (κ3) is 2.14. The van der Waals surface area contributed by atoms with Crippen molar-refractivity contribution >= 4 is 28.1 Å². The summed E-state index contributed by atoms with van der Waals surface area (Å²) in [4.78, 5) is 12.4. The van der Waals surface area contributed by atoms with Gasteiger partial charge in [0.2, 0.25) is 0 Å². The maximum atomic E-state index is 13.2. The van der Waals surface area contributed by atoms with Crippen LogP contribution in [0.2, 0.25) is 0 Å². The minimum absolute atomic E-state index is 0.297. The minimum atomic E-state index is -0.297. The third-order valence-electron chi connectivity index (χ3n) is 2.52. The molecular weight excluding hydrogens is 251 g/mol. The quantitative estimate of drug-likeness (QED) is 0.786. The van der Waals surface area contributed by atoms with Gasteiger partial charge in [0, 0.05) is 10.8 Å². The van der Waals surface area contributed by atoms with E-state index in [4.69, 9.17) is 0 Å². The molecule has 0 spiro atoms. The third-order valence-corrected chi connectivity index (χ3v) is 3.15. The van der Waals surface area contributed by atoms with E-state index < -0.39 is 0 Å². The molecule has 1 aromatic carbocycles. The highest BCUT2D eigenvalue weighted by atomic mass is 32.1. The van der Waals surface area contributed by atoms with E-state index in [1.54, 1.807) is 11.6 Å². The highest BCUT2D eigenvalue weighted by molar-refractivity contribution is 7.07. The first-order chi connectivity index (χ1) is 8.83. The Labute approximate surface area is 107 Å². The molecule has 0 radical (unpaired) electrons. The lowest BCUT2D eigenvalue weighted by molar-refractivity contribution is 0.629. The zero-order valence-electron chi connectivity index (χ0n) is 9.30. The summed E-state index contributed by atoms with van der Waals surface area (Å²) in [5.41, 5.74) is 3.42. The lowest BCUT2D eigenvalue weighted by Gasteiger charge is -2.06. The van der Waals surface area contributed by atoms with E-state index in [2.05, 4.69) is 20.3 Å². The summed E-state index contributed by atoms with van der Waals surface area (Å²) in [6.45, 7) is 0.562. The second-order valence-corrected chi connectivity index (χ2v) is 4.44. The van der Waals surface area contributed by atoms with Crippen molar-refractivity contribution in [3.8, 4) is 0 Å². The van der Waals surface area contributed by atoms with Gasteiger partial charge in [-0.25, -0.2) is 19.3 Å². The van der Waals surface area contributed by atoms with Gasteiger partial charge in [0.05, 0.1) is 23.3 Å². The number of nitrogens with one attached hydrogen (secondary N) is 1. The number of aromatic nitrogens is 3. The summed E-state index contributed by atoms with van der Waals surface area (Å²) in [5, 5.41) is 5.77. The molecule has 18 heavy (non-hydrogen) atoms. The summed E-state index contributed by atoms with van der Waals surface area (Å²) >= 11 is 1.54. The van der Waals surface area contributed by atoms with Gasteiger partial charge in [0.1, 0.15) is 18.0 Å². The highest BCUT2D eigenvalue weighted by Gasteiger charge is 2.05. The standard InChI is InChI=1S/C12H9FN4S/c13-8-1-2-11-10(3-8)12(16-6-15-11)14-4-9-5-18-7-17-9/h1-3,5-7H,4H2,(H,14,15,16). The molecular formula is C12H9FN4S. The van der Waals surface area contributed by atoms with E-state index in [9.17, 15) is 4.39 Å². The van der Waals surface area contributed by atoms with Crippen LogP contribution >= 0.6 is 11.3 Å². The SMILES string of the molecule is Fc1ccc2ncnc(NCc3cscn3)c2c1. The number of hydrogen-bond acceptors (Lipinski definition) is 5. The van der Waals surface area contributed by atoms with Gasteiger partial charge in [-0.1, -0.05) is 0 Å². The van der Waals surface area contributed by atoms with Crippen molar-refractivity contribution in [2.45, 2.75) is 6.54 Å². The molecule has 0 saturated heterocycles. The fourth-order valence-corrected chi connectivity index (χ4v) is 2.23. The number of nitrogens with zero attached hydrogens (tertiary/aromatic N) is 3. The number of benzene rings is 1. The molecule has 6 heteroatoms. The van der Waals surface area contributed by atoms with E-state index in [1.807, 2.05) is 5.38 Å². The second-order valence-electron chi connectivity index (χ2n) is 3.72. The maximum Gasteiger partial charge on any atom is 0.137 e. The second kappa shape index (κ2) is 4.66. The smallest absolute Gasteiger partial charge is 0.137 e. The van der Waals surface area contributed by atoms with Crippen LogP contribution in [0.4, 0.5) is 10.2 Å². The molecule has 0 fully saturated rings. The zero-order chi connectivity index (χ0) is 12.4. The molecule has 90 valence electrons. The molecule has 0 bridgehead atoms. The first-order valence-corrected chi connectivity index (χ1v) is 6.28. The van der Waals surface area contributed by atoms with Gasteiger partial charge in [-0.2, -0.15) is 0 Å². The Balaban J connectivity index is 1.93. The lowest BCUT2D eigenvalue weighted by atomic mass is 10.2. The topological polar surface area (TPSA) is 50.7 Å². The average molecular weight is 260 g/mol. The lowest BCUT2D eigenvalue weighted by Crippen LogP contribution is -2.02. The van der Waals surface area contributed by atoms with Gasteiger partial charge in [0.25, 0.3) is 0 Å². The van der Waals surface area contributed by atoms with Crippen molar-refractivity contribution in [1.29, 1.82) is 0 Å². The van der Waals surface area contributed by atoms with Gasteiger partial charge >= 0.3 is 0 Å².